The molecule has 136 valence electrons. The number of fused-ring (bicyclic) bond motifs is 1. The number of hydrogen-bond donors (Lipinski definition) is 1. The Labute approximate surface area is 151 Å². The smallest absolute Gasteiger partial charge is 0.343 e. The molecule has 1 aromatic carbocycles. The van der Waals surface area contributed by atoms with Gasteiger partial charge in [0.2, 0.25) is 0 Å². The zero-order chi connectivity index (χ0) is 18.1. The molecule has 8 heteroatoms. The lowest BCUT2D eigenvalue weighted by molar-refractivity contribution is 0.207. The van der Waals surface area contributed by atoms with Crippen molar-refractivity contribution in [1.29, 1.82) is 0 Å². The second-order valence-corrected chi connectivity index (χ2v) is 6.56. The van der Waals surface area contributed by atoms with Crippen LogP contribution in [0.5, 0.6) is 5.75 Å². The molecule has 1 aliphatic rings. The number of nitrogens with zero attached hydrogens (tertiary/aromatic N) is 5. The topological polar surface area (TPSA) is 81.0 Å². The summed E-state index contributed by atoms with van der Waals surface area (Å²) >= 11 is 0. The molecule has 0 aliphatic carbocycles. The van der Waals surface area contributed by atoms with Crippen LogP contribution < -0.4 is 10.4 Å². The van der Waals surface area contributed by atoms with Gasteiger partial charge in [-0.05, 0) is 24.6 Å². The summed E-state index contributed by atoms with van der Waals surface area (Å²) in [6, 6.07) is 6.30. The van der Waals surface area contributed by atoms with E-state index < -0.39 is 0 Å². The quantitative estimate of drug-likeness (QED) is 0.743. The average Bonchev–Trinajstić information content (AvgIpc) is 3.21. The fraction of sp³-hybridized carbons (Fsp3) is 0.389. The van der Waals surface area contributed by atoms with E-state index in [4.69, 9.17) is 4.74 Å². The summed E-state index contributed by atoms with van der Waals surface area (Å²) in [4.78, 5) is 18.2. The van der Waals surface area contributed by atoms with E-state index >= 15 is 0 Å². The highest BCUT2D eigenvalue weighted by atomic mass is 16.5. The minimum atomic E-state index is -0.123. The SMILES string of the molecule is COc1ccc(CN2CCn3c(n[nH]c3=O)C2)cc1Cn1ccnc1C. The molecular weight excluding hydrogens is 332 g/mol. The molecule has 3 heterocycles. The van der Waals surface area contributed by atoms with Gasteiger partial charge in [-0.2, -0.15) is 5.10 Å². The van der Waals surface area contributed by atoms with Crippen molar-refractivity contribution in [1.82, 2.24) is 29.2 Å². The van der Waals surface area contributed by atoms with E-state index in [2.05, 4.69) is 36.8 Å². The molecule has 26 heavy (non-hydrogen) atoms. The Morgan fingerprint density at radius 1 is 1.27 bits per heavy atom. The normalized spacial score (nSPS) is 14.4. The van der Waals surface area contributed by atoms with Gasteiger partial charge >= 0.3 is 5.69 Å². The molecule has 0 saturated heterocycles. The number of imidazole rings is 1. The number of ether oxygens (including phenoxy) is 1. The van der Waals surface area contributed by atoms with Crippen molar-refractivity contribution < 1.29 is 4.74 Å². The Kier molecular flexibility index (Phi) is 4.34. The molecule has 3 aromatic rings. The maximum absolute atomic E-state index is 11.6. The number of benzene rings is 1. The highest BCUT2D eigenvalue weighted by Gasteiger charge is 2.19. The summed E-state index contributed by atoms with van der Waals surface area (Å²) in [6.07, 6.45) is 3.78. The third-order valence-corrected chi connectivity index (χ3v) is 4.86. The van der Waals surface area contributed by atoms with Crippen LogP contribution in [0.4, 0.5) is 0 Å². The van der Waals surface area contributed by atoms with Crippen molar-refractivity contribution in [3.05, 3.63) is 63.9 Å². The second-order valence-electron chi connectivity index (χ2n) is 6.56. The van der Waals surface area contributed by atoms with Crippen LogP contribution >= 0.6 is 0 Å². The number of aromatic amines is 1. The zero-order valence-electron chi connectivity index (χ0n) is 15.0. The maximum Gasteiger partial charge on any atom is 0.343 e. The molecule has 8 nitrogen and oxygen atoms in total. The number of aryl methyl sites for hydroxylation is 1. The largest absolute Gasteiger partial charge is 0.496 e. The lowest BCUT2D eigenvalue weighted by Gasteiger charge is -2.26. The van der Waals surface area contributed by atoms with Crippen molar-refractivity contribution in [3.63, 3.8) is 0 Å². The molecule has 1 N–H and O–H groups in total. The van der Waals surface area contributed by atoms with E-state index in [1.165, 1.54) is 5.56 Å². The fourth-order valence-corrected chi connectivity index (χ4v) is 3.42. The first kappa shape index (κ1) is 16.6. The fourth-order valence-electron chi connectivity index (χ4n) is 3.42. The van der Waals surface area contributed by atoms with Gasteiger partial charge in [-0.1, -0.05) is 6.07 Å². The minimum Gasteiger partial charge on any atom is -0.496 e. The first-order valence-corrected chi connectivity index (χ1v) is 8.64. The van der Waals surface area contributed by atoms with Crippen LogP contribution in [0.3, 0.4) is 0 Å². The van der Waals surface area contributed by atoms with Gasteiger partial charge in [0, 0.05) is 37.6 Å². The minimum absolute atomic E-state index is 0.123. The molecule has 0 spiro atoms. The van der Waals surface area contributed by atoms with Crippen molar-refractivity contribution in [2.45, 2.75) is 33.1 Å². The van der Waals surface area contributed by atoms with Gasteiger partial charge in [0.1, 0.15) is 17.4 Å². The van der Waals surface area contributed by atoms with Gasteiger partial charge in [-0.3, -0.25) is 9.47 Å². The summed E-state index contributed by atoms with van der Waals surface area (Å²) in [6.45, 7) is 5.69. The van der Waals surface area contributed by atoms with Crippen LogP contribution in [0, 0.1) is 6.92 Å². The third kappa shape index (κ3) is 3.15. The van der Waals surface area contributed by atoms with Gasteiger partial charge in [0.15, 0.2) is 0 Å². The summed E-state index contributed by atoms with van der Waals surface area (Å²) in [5.74, 6) is 2.65. The summed E-state index contributed by atoms with van der Waals surface area (Å²) in [5, 5.41) is 6.63. The van der Waals surface area contributed by atoms with Gasteiger partial charge in [-0.25, -0.2) is 14.9 Å². The van der Waals surface area contributed by atoms with E-state index in [-0.39, 0.29) is 5.69 Å². The molecule has 0 unspecified atom stereocenters. The molecule has 0 radical (unpaired) electrons. The van der Waals surface area contributed by atoms with Crippen LogP contribution in [0.25, 0.3) is 0 Å². The van der Waals surface area contributed by atoms with Crippen LogP contribution in [0.15, 0.2) is 35.4 Å². The Morgan fingerprint density at radius 3 is 2.92 bits per heavy atom. The number of rotatable bonds is 5. The zero-order valence-corrected chi connectivity index (χ0v) is 15.0. The molecule has 0 bridgehead atoms. The van der Waals surface area contributed by atoms with E-state index in [1.54, 1.807) is 11.7 Å². The third-order valence-electron chi connectivity index (χ3n) is 4.86. The molecule has 2 aromatic heterocycles. The lowest BCUT2D eigenvalue weighted by atomic mass is 10.1. The molecule has 0 amide bonds. The monoisotopic (exact) mass is 354 g/mol. The lowest BCUT2D eigenvalue weighted by Crippen LogP contribution is -2.36. The standard InChI is InChI=1S/C18H22N6O2/c1-13-19-5-6-23(13)11-15-9-14(3-4-16(15)26-2)10-22-7-8-24-17(12-22)20-21-18(24)25/h3-6,9H,7-8,10-12H2,1-2H3,(H,21,25). The predicted molar refractivity (Wildman–Crippen MR) is 96.0 cm³/mol. The molecule has 4 rings (SSSR count). The van der Waals surface area contributed by atoms with Crippen molar-refractivity contribution in [3.8, 4) is 5.75 Å². The predicted octanol–water partition coefficient (Wildman–Crippen LogP) is 1.15. The van der Waals surface area contributed by atoms with Crippen molar-refractivity contribution in [2.75, 3.05) is 13.7 Å². The summed E-state index contributed by atoms with van der Waals surface area (Å²) < 4.78 is 9.34. The van der Waals surface area contributed by atoms with E-state index in [1.807, 2.05) is 25.4 Å². The Morgan fingerprint density at radius 2 is 2.15 bits per heavy atom. The molecule has 0 atom stereocenters. The Balaban J connectivity index is 1.53. The van der Waals surface area contributed by atoms with Gasteiger partial charge < -0.3 is 9.30 Å². The van der Waals surface area contributed by atoms with E-state index in [0.717, 1.165) is 42.6 Å². The van der Waals surface area contributed by atoms with Gasteiger partial charge in [0.05, 0.1) is 20.2 Å². The number of aromatic nitrogens is 5. The Bertz CT molecular complexity index is 970. The highest BCUT2D eigenvalue weighted by Crippen LogP contribution is 2.23. The number of hydrogen-bond acceptors (Lipinski definition) is 5. The Hall–Kier alpha value is -2.87. The maximum atomic E-state index is 11.6. The molecule has 0 saturated carbocycles. The van der Waals surface area contributed by atoms with Crippen LogP contribution in [0.2, 0.25) is 0 Å². The van der Waals surface area contributed by atoms with Crippen LogP contribution in [-0.2, 0) is 26.2 Å². The van der Waals surface area contributed by atoms with Crippen molar-refractivity contribution >= 4 is 0 Å². The first-order chi connectivity index (χ1) is 12.6. The first-order valence-electron chi connectivity index (χ1n) is 8.64. The number of H-pyrrole nitrogens is 1. The molecule has 1 aliphatic heterocycles. The van der Waals surface area contributed by atoms with E-state index in [0.29, 0.717) is 13.1 Å². The number of nitrogens with one attached hydrogen (secondary N) is 1. The molecule has 0 fully saturated rings. The van der Waals surface area contributed by atoms with Gasteiger partial charge in [-0.15, -0.1) is 0 Å². The van der Waals surface area contributed by atoms with E-state index in [9.17, 15) is 4.79 Å². The van der Waals surface area contributed by atoms with Gasteiger partial charge in [0.25, 0.3) is 0 Å². The highest BCUT2D eigenvalue weighted by molar-refractivity contribution is 5.37. The van der Waals surface area contributed by atoms with Crippen molar-refractivity contribution in [2.24, 2.45) is 0 Å². The average molecular weight is 354 g/mol. The molecular formula is C18H22N6O2. The van der Waals surface area contributed by atoms with Crippen LogP contribution in [-0.4, -0.2) is 42.9 Å². The van der Waals surface area contributed by atoms with Crippen LogP contribution in [0.1, 0.15) is 22.8 Å². The number of methoxy groups -OCH3 is 1. The second kappa shape index (κ2) is 6.80. The summed E-state index contributed by atoms with van der Waals surface area (Å²) in [7, 11) is 1.70. The summed E-state index contributed by atoms with van der Waals surface area (Å²) in [5.41, 5.74) is 2.21.